The average Bonchev–Trinajstić information content (AvgIpc) is 1.44. The van der Waals surface area contributed by atoms with Gasteiger partial charge in [0, 0.05) is 11.1 Å². The van der Waals surface area contributed by atoms with E-state index in [2.05, 4.69) is 93.6 Å². The molecular formula is C80H144N2O7. The van der Waals surface area contributed by atoms with Crippen LogP contribution in [0.2, 0.25) is 0 Å². The van der Waals surface area contributed by atoms with Gasteiger partial charge >= 0.3 is 0 Å². The molecular weight excluding hydrogens is 1100 g/mol. The fraction of sp³-hybridized carbons (Fsp3) is 0.825. The Bertz CT molecular complexity index is 1940. The van der Waals surface area contributed by atoms with E-state index in [1.807, 2.05) is 24.3 Å². The molecule has 0 saturated heterocycles. The van der Waals surface area contributed by atoms with E-state index in [9.17, 15) is 4.79 Å². The first-order valence-electron chi connectivity index (χ1n) is 38.2. The molecule has 2 aromatic carbocycles. The number of hydrazone groups is 1. The Morgan fingerprint density at radius 3 is 1.03 bits per heavy atom. The van der Waals surface area contributed by atoms with E-state index in [0.717, 1.165) is 76.2 Å². The molecule has 0 radical (unpaired) electrons. The molecule has 3 atom stereocenters. The third kappa shape index (κ3) is 43.8. The first kappa shape index (κ1) is 81.5. The van der Waals surface area contributed by atoms with Gasteiger partial charge in [0.2, 0.25) is 11.5 Å². The van der Waals surface area contributed by atoms with Crippen LogP contribution in [0, 0.1) is 35.5 Å². The summed E-state index contributed by atoms with van der Waals surface area (Å²) in [4.78, 5) is 14.6. The van der Waals surface area contributed by atoms with Crippen LogP contribution in [0.1, 0.15) is 369 Å². The van der Waals surface area contributed by atoms with Crippen molar-refractivity contribution in [3.8, 4) is 34.5 Å². The molecule has 2 aromatic rings. The van der Waals surface area contributed by atoms with E-state index in [4.69, 9.17) is 28.4 Å². The molecule has 0 aliphatic carbocycles. The number of ether oxygens (including phenoxy) is 6. The second-order valence-electron chi connectivity index (χ2n) is 28.6. The molecule has 0 bridgehead atoms. The van der Waals surface area contributed by atoms with Crippen LogP contribution in [0.25, 0.3) is 0 Å². The van der Waals surface area contributed by atoms with Gasteiger partial charge in [-0.3, -0.25) is 4.79 Å². The lowest BCUT2D eigenvalue weighted by molar-refractivity contribution is 0.0953. The van der Waals surface area contributed by atoms with Crippen molar-refractivity contribution >= 4 is 12.1 Å². The van der Waals surface area contributed by atoms with E-state index in [0.29, 0.717) is 115 Å². The van der Waals surface area contributed by atoms with Crippen LogP contribution in [-0.4, -0.2) is 51.8 Å². The van der Waals surface area contributed by atoms with Crippen LogP contribution in [-0.2, 0) is 0 Å². The largest absolute Gasteiger partial charge is 0.490 e. The molecule has 0 saturated carbocycles. The highest BCUT2D eigenvalue weighted by Crippen LogP contribution is 2.42. The number of carbonyl (C=O) groups excluding carboxylic acids is 1. The highest BCUT2D eigenvalue weighted by molar-refractivity contribution is 5.96. The Labute approximate surface area is 551 Å². The molecule has 2 rings (SSSR count). The Hall–Kier alpha value is -3.62. The number of nitrogens with one attached hydrogen (secondary N) is 1. The van der Waals surface area contributed by atoms with Gasteiger partial charge in [-0.05, 0) is 98.3 Å². The summed E-state index contributed by atoms with van der Waals surface area (Å²) in [7, 11) is 0. The fourth-order valence-electron chi connectivity index (χ4n) is 11.8. The van der Waals surface area contributed by atoms with Crippen LogP contribution in [0.3, 0.4) is 0 Å². The van der Waals surface area contributed by atoms with Gasteiger partial charge in [-0.1, -0.05) is 314 Å². The molecule has 1 amide bonds. The van der Waals surface area contributed by atoms with Crippen molar-refractivity contribution < 1.29 is 33.2 Å². The highest BCUT2D eigenvalue weighted by atomic mass is 16.5. The smallest absolute Gasteiger partial charge is 0.271 e. The Morgan fingerprint density at radius 1 is 0.348 bits per heavy atom. The summed E-state index contributed by atoms with van der Waals surface area (Å²) >= 11 is 0. The van der Waals surface area contributed by atoms with Crippen LogP contribution in [0.5, 0.6) is 34.5 Å². The maximum atomic E-state index is 14.6. The van der Waals surface area contributed by atoms with Crippen LogP contribution >= 0.6 is 0 Å². The molecule has 89 heavy (non-hydrogen) atoms. The number of carbonyl (C=O) groups is 1. The second-order valence-corrected chi connectivity index (χ2v) is 28.6. The van der Waals surface area contributed by atoms with E-state index < -0.39 is 0 Å². The number of hydrogen-bond donors (Lipinski definition) is 1. The number of rotatable bonds is 63. The SMILES string of the molecule is CCCCCCCCCCCCOc1ccc(/C=N/NC(=O)c2cc(OCC[C@@H](C)CCCC(C)C)c(OCC[C@@H](C)CCCC(C)C)c(OCC[C@@H](C)CCCC(C)C)c2)c(OCCCCCCCCCCCC)c1OCCCCCCCCCCCC. The molecule has 0 aliphatic rings. The van der Waals surface area contributed by atoms with Crippen molar-refractivity contribution in [3.63, 3.8) is 0 Å². The summed E-state index contributed by atoms with van der Waals surface area (Å²) in [6.07, 6.45) is 53.2. The normalized spacial score (nSPS) is 12.8. The quantitative estimate of drug-likeness (QED) is 0.0400. The summed E-state index contributed by atoms with van der Waals surface area (Å²) in [5.41, 5.74) is 4.06. The number of amides is 1. The minimum Gasteiger partial charge on any atom is -0.490 e. The van der Waals surface area contributed by atoms with Gasteiger partial charge in [-0.2, -0.15) is 5.10 Å². The first-order valence-corrected chi connectivity index (χ1v) is 38.2. The summed E-state index contributed by atoms with van der Waals surface area (Å²) in [5, 5.41) is 4.67. The molecule has 1 N–H and O–H groups in total. The number of hydrogen-bond acceptors (Lipinski definition) is 8. The topological polar surface area (TPSA) is 96.8 Å². The lowest BCUT2D eigenvalue weighted by Gasteiger charge is -2.21. The van der Waals surface area contributed by atoms with Crippen molar-refractivity contribution in [2.24, 2.45) is 40.6 Å². The highest BCUT2D eigenvalue weighted by Gasteiger charge is 2.22. The zero-order valence-corrected chi connectivity index (χ0v) is 60.6. The fourth-order valence-corrected chi connectivity index (χ4v) is 11.8. The van der Waals surface area contributed by atoms with Crippen molar-refractivity contribution in [2.75, 3.05) is 39.6 Å². The van der Waals surface area contributed by atoms with Gasteiger partial charge in [0.05, 0.1) is 45.9 Å². The molecule has 0 unspecified atom stereocenters. The maximum absolute atomic E-state index is 14.6. The van der Waals surface area contributed by atoms with Gasteiger partial charge in [0.1, 0.15) is 0 Å². The third-order valence-corrected chi connectivity index (χ3v) is 18.0. The number of unbranched alkanes of at least 4 members (excludes halogenated alkanes) is 27. The molecule has 0 aliphatic heterocycles. The molecule has 9 heteroatoms. The molecule has 0 spiro atoms. The molecule has 9 nitrogen and oxygen atoms in total. The van der Waals surface area contributed by atoms with Gasteiger partial charge < -0.3 is 28.4 Å². The summed E-state index contributed by atoms with van der Waals surface area (Å²) < 4.78 is 40.4. The minimum absolute atomic E-state index is 0.355. The predicted molar refractivity (Wildman–Crippen MR) is 384 cm³/mol. The third-order valence-electron chi connectivity index (χ3n) is 18.0. The maximum Gasteiger partial charge on any atom is 0.271 e. The number of benzene rings is 2. The molecule has 516 valence electrons. The number of nitrogens with zero attached hydrogens (tertiary/aromatic N) is 1. The van der Waals surface area contributed by atoms with Crippen molar-refractivity contribution in [1.29, 1.82) is 0 Å². The van der Waals surface area contributed by atoms with Gasteiger partial charge in [-0.25, -0.2) is 5.43 Å². The van der Waals surface area contributed by atoms with E-state index in [1.165, 1.54) is 199 Å². The van der Waals surface area contributed by atoms with Gasteiger partial charge in [0.15, 0.2) is 23.0 Å². The predicted octanol–water partition coefficient (Wildman–Crippen LogP) is 25.0. The van der Waals surface area contributed by atoms with Crippen molar-refractivity contribution in [1.82, 2.24) is 5.43 Å². The van der Waals surface area contributed by atoms with E-state index in [1.54, 1.807) is 6.21 Å². The summed E-state index contributed by atoms with van der Waals surface area (Å²) in [6, 6.07) is 7.68. The molecule has 0 aromatic heterocycles. The first-order chi connectivity index (χ1) is 43.3. The Morgan fingerprint density at radius 2 is 0.663 bits per heavy atom. The molecule has 0 heterocycles. The second kappa shape index (κ2) is 56.0. The van der Waals surface area contributed by atoms with Crippen LogP contribution < -0.4 is 33.8 Å². The van der Waals surface area contributed by atoms with Crippen LogP contribution in [0.4, 0.5) is 0 Å². The Balaban J connectivity index is 2.55. The van der Waals surface area contributed by atoms with Crippen molar-refractivity contribution in [3.05, 3.63) is 35.4 Å². The van der Waals surface area contributed by atoms with E-state index in [-0.39, 0.29) is 5.91 Å². The Kier molecular flexibility index (Phi) is 51.2. The van der Waals surface area contributed by atoms with Gasteiger partial charge in [-0.15, -0.1) is 0 Å². The monoisotopic (exact) mass is 1250 g/mol. The lowest BCUT2D eigenvalue weighted by Crippen LogP contribution is -2.19. The molecule has 0 fully saturated rings. The average molecular weight is 1250 g/mol. The van der Waals surface area contributed by atoms with E-state index >= 15 is 0 Å². The zero-order valence-electron chi connectivity index (χ0n) is 60.6. The lowest BCUT2D eigenvalue weighted by atomic mass is 9.97. The standard InChI is InChI=1S/C80H144N2O7/c1-13-16-19-22-25-28-31-34-37-40-57-84-74-53-52-72(77(87-58-41-38-35-32-29-26-23-20-17-14-2)79(74)88-59-42-39-36-33-30-27-24-21-18-15-3)65-81-82-80(83)73-63-75(85-60-54-69(10)49-43-46-66(4)5)78(89-62-56-71(12)51-45-48-68(8)9)76(64-73)86-61-55-70(11)50-44-47-67(6)7/h52-53,63-71H,13-51,54-62H2,1-12H3,(H,82,83)/b81-65+/t69-,70-,71-/m0/s1. The minimum atomic E-state index is -0.355. The van der Waals surface area contributed by atoms with Crippen molar-refractivity contribution in [2.45, 2.75) is 353 Å². The summed E-state index contributed by atoms with van der Waals surface area (Å²) in [6.45, 7) is 31.0. The van der Waals surface area contributed by atoms with Gasteiger partial charge in [0.25, 0.3) is 5.91 Å². The van der Waals surface area contributed by atoms with Crippen LogP contribution in [0.15, 0.2) is 29.4 Å². The zero-order chi connectivity index (χ0) is 64.8. The summed E-state index contributed by atoms with van der Waals surface area (Å²) in [5.74, 6) is 6.96.